The molecule has 0 atom stereocenters. The van der Waals surface area contributed by atoms with E-state index in [9.17, 15) is 0 Å². The van der Waals surface area contributed by atoms with E-state index in [1.807, 2.05) is 19.3 Å². The van der Waals surface area contributed by atoms with Gasteiger partial charge in [-0.1, -0.05) is 0 Å². The maximum absolute atomic E-state index is 4.86. The molecule has 6 heteroatoms. The molecule has 0 unspecified atom stereocenters. The van der Waals surface area contributed by atoms with Crippen molar-refractivity contribution < 1.29 is 0 Å². The van der Waals surface area contributed by atoms with Gasteiger partial charge in [-0.3, -0.25) is 4.98 Å². The van der Waals surface area contributed by atoms with Crippen molar-refractivity contribution in [2.75, 3.05) is 56.1 Å². The van der Waals surface area contributed by atoms with E-state index in [4.69, 9.17) is 9.97 Å². The Bertz CT molecular complexity index is 782. The third kappa shape index (κ3) is 3.38. The smallest absolute Gasteiger partial charge is 0.135 e. The summed E-state index contributed by atoms with van der Waals surface area (Å²) in [5.41, 5.74) is 5.17. The standard InChI is InChI=1S/C20H28N6/c1-15-14-21-7-4-19(15)25-10-12-26(13-11-25)20-17-5-8-24(3)9-6-18(17)22-16(2)23-20/h4,7,14H,5-6,8-13H2,1-3H3. The first-order valence-corrected chi connectivity index (χ1v) is 9.57. The molecule has 0 bridgehead atoms. The van der Waals surface area contributed by atoms with E-state index in [1.165, 1.54) is 28.3 Å². The molecule has 138 valence electrons. The third-order valence-corrected chi connectivity index (χ3v) is 5.57. The van der Waals surface area contributed by atoms with Crippen LogP contribution >= 0.6 is 0 Å². The molecular weight excluding hydrogens is 324 g/mol. The highest BCUT2D eigenvalue weighted by atomic mass is 15.3. The highest BCUT2D eigenvalue weighted by Gasteiger charge is 2.25. The van der Waals surface area contributed by atoms with Crippen LogP contribution in [0.1, 0.15) is 22.6 Å². The second-order valence-electron chi connectivity index (χ2n) is 7.46. The van der Waals surface area contributed by atoms with Gasteiger partial charge in [0.05, 0.1) is 5.69 Å². The molecule has 4 rings (SSSR count). The minimum atomic E-state index is 0.899. The molecule has 0 amide bonds. The molecule has 0 saturated carbocycles. The molecule has 2 aromatic heterocycles. The van der Waals surface area contributed by atoms with E-state index in [2.05, 4.69) is 39.7 Å². The topological polar surface area (TPSA) is 48.4 Å². The van der Waals surface area contributed by atoms with Gasteiger partial charge in [0, 0.05) is 69.3 Å². The molecule has 2 aliphatic rings. The van der Waals surface area contributed by atoms with Gasteiger partial charge >= 0.3 is 0 Å². The van der Waals surface area contributed by atoms with Crippen molar-refractivity contribution in [2.24, 2.45) is 0 Å². The number of rotatable bonds is 2. The number of aromatic nitrogens is 3. The van der Waals surface area contributed by atoms with Crippen molar-refractivity contribution >= 4 is 11.5 Å². The molecule has 2 aromatic rings. The molecule has 4 heterocycles. The summed E-state index contributed by atoms with van der Waals surface area (Å²) in [5, 5.41) is 0. The number of anilines is 2. The molecule has 0 aromatic carbocycles. The average Bonchev–Trinajstić information content (AvgIpc) is 2.83. The molecular formula is C20H28N6. The van der Waals surface area contributed by atoms with Crippen LogP contribution in [-0.4, -0.2) is 66.2 Å². The van der Waals surface area contributed by atoms with Crippen LogP contribution in [0.3, 0.4) is 0 Å². The first kappa shape index (κ1) is 17.2. The van der Waals surface area contributed by atoms with Crippen LogP contribution in [0, 0.1) is 13.8 Å². The van der Waals surface area contributed by atoms with Crippen molar-refractivity contribution in [3.05, 3.63) is 41.1 Å². The summed E-state index contributed by atoms with van der Waals surface area (Å²) in [6.45, 7) is 10.4. The fourth-order valence-corrected chi connectivity index (χ4v) is 4.05. The van der Waals surface area contributed by atoms with Gasteiger partial charge in [-0.05, 0) is 38.9 Å². The van der Waals surface area contributed by atoms with Crippen LogP contribution in [0.25, 0.3) is 0 Å². The molecule has 2 aliphatic heterocycles. The Labute approximate surface area is 155 Å². The minimum Gasteiger partial charge on any atom is -0.368 e. The number of aryl methyl sites for hydroxylation is 2. The first-order chi connectivity index (χ1) is 12.6. The fourth-order valence-electron chi connectivity index (χ4n) is 4.05. The monoisotopic (exact) mass is 352 g/mol. The number of hydrogen-bond acceptors (Lipinski definition) is 6. The van der Waals surface area contributed by atoms with Gasteiger partial charge in [0.2, 0.25) is 0 Å². The molecule has 26 heavy (non-hydrogen) atoms. The number of likely N-dealkylation sites (N-methyl/N-ethyl adjacent to an activating group) is 1. The molecule has 0 N–H and O–H groups in total. The Morgan fingerprint density at radius 3 is 2.38 bits per heavy atom. The summed E-state index contributed by atoms with van der Waals surface area (Å²) in [6.07, 6.45) is 5.91. The summed E-state index contributed by atoms with van der Waals surface area (Å²) in [4.78, 5) is 21.2. The van der Waals surface area contributed by atoms with E-state index >= 15 is 0 Å². The zero-order valence-corrected chi connectivity index (χ0v) is 16.1. The lowest BCUT2D eigenvalue weighted by Gasteiger charge is -2.38. The van der Waals surface area contributed by atoms with Gasteiger partial charge in [-0.25, -0.2) is 9.97 Å². The van der Waals surface area contributed by atoms with Gasteiger partial charge in [0.1, 0.15) is 11.6 Å². The lowest BCUT2D eigenvalue weighted by Crippen LogP contribution is -2.47. The minimum absolute atomic E-state index is 0.899. The van der Waals surface area contributed by atoms with Crippen molar-refractivity contribution in [3.8, 4) is 0 Å². The van der Waals surface area contributed by atoms with Gasteiger partial charge in [0.25, 0.3) is 0 Å². The first-order valence-electron chi connectivity index (χ1n) is 9.57. The third-order valence-electron chi connectivity index (χ3n) is 5.57. The van der Waals surface area contributed by atoms with Gasteiger partial charge in [-0.2, -0.15) is 0 Å². The highest BCUT2D eigenvalue weighted by molar-refractivity contribution is 5.55. The van der Waals surface area contributed by atoms with E-state index in [0.29, 0.717) is 0 Å². The zero-order chi connectivity index (χ0) is 18.1. The van der Waals surface area contributed by atoms with E-state index in [-0.39, 0.29) is 0 Å². The lowest BCUT2D eigenvalue weighted by molar-refractivity contribution is 0.352. The predicted molar refractivity (Wildman–Crippen MR) is 105 cm³/mol. The van der Waals surface area contributed by atoms with Gasteiger partial charge in [-0.15, -0.1) is 0 Å². The highest BCUT2D eigenvalue weighted by Crippen LogP contribution is 2.27. The van der Waals surface area contributed by atoms with Gasteiger partial charge in [0.15, 0.2) is 0 Å². The number of nitrogens with zero attached hydrogens (tertiary/aromatic N) is 6. The summed E-state index contributed by atoms with van der Waals surface area (Å²) in [6, 6.07) is 2.13. The molecule has 1 fully saturated rings. The number of hydrogen-bond donors (Lipinski definition) is 0. The van der Waals surface area contributed by atoms with Crippen LogP contribution in [0.2, 0.25) is 0 Å². The quantitative estimate of drug-likeness (QED) is 0.822. The number of fused-ring (bicyclic) bond motifs is 1. The largest absolute Gasteiger partial charge is 0.368 e. The fraction of sp³-hybridized carbons (Fsp3) is 0.550. The summed E-state index contributed by atoms with van der Waals surface area (Å²) in [5.74, 6) is 2.07. The predicted octanol–water partition coefficient (Wildman–Crippen LogP) is 1.85. The lowest BCUT2D eigenvalue weighted by atomic mass is 10.1. The number of pyridine rings is 1. The second-order valence-corrected chi connectivity index (χ2v) is 7.46. The second kappa shape index (κ2) is 7.19. The maximum Gasteiger partial charge on any atom is 0.135 e. The van der Waals surface area contributed by atoms with Crippen molar-refractivity contribution in [1.82, 2.24) is 19.9 Å². The zero-order valence-electron chi connectivity index (χ0n) is 16.1. The summed E-state index contributed by atoms with van der Waals surface area (Å²) < 4.78 is 0. The van der Waals surface area contributed by atoms with Crippen LogP contribution in [0.5, 0.6) is 0 Å². The Hall–Kier alpha value is -2.21. The van der Waals surface area contributed by atoms with Crippen molar-refractivity contribution in [2.45, 2.75) is 26.7 Å². The van der Waals surface area contributed by atoms with Crippen LogP contribution in [0.4, 0.5) is 11.5 Å². The van der Waals surface area contributed by atoms with Crippen LogP contribution < -0.4 is 9.80 Å². The molecule has 1 saturated heterocycles. The molecule has 0 radical (unpaired) electrons. The SMILES string of the molecule is Cc1nc2c(c(N3CCN(c4ccncc4C)CC3)n1)CCN(C)CC2. The normalized spacial score (nSPS) is 18.6. The van der Waals surface area contributed by atoms with Crippen molar-refractivity contribution in [3.63, 3.8) is 0 Å². The Balaban J connectivity index is 1.55. The summed E-state index contributed by atoms with van der Waals surface area (Å²) >= 11 is 0. The summed E-state index contributed by atoms with van der Waals surface area (Å²) in [7, 11) is 2.20. The van der Waals surface area contributed by atoms with Crippen molar-refractivity contribution in [1.29, 1.82) is 0 Å². The van der Waals surface area contributed by atoms with E-state index < -0.39 is 0 Å². The number of piperazine rings is 1. The van der Waals surface area contributed by atoms with Crippen LogP contribution in [-0.2, 0) is 12.8 Å². The molecule has 6 nitrogen and oxygen atoms in total. The van der Waals surface area contributed by atoms with E-state index in [1.54, 1.807) is 0 Å². The molecule has 0 spiro atoms. The van der Waals surface area contributed by atoms with E-state index in [0.717, 1.165) is 57.9 Å². The van der Waals surface area contributed by atoms with Gasteiger partial charge < -0.3 is 14.7 Å². The molecule has 0 aliphatic carbocycles. The average molecular weight is 352 g/mol. The Kier molecular flexibility index (Phi) is 4.76. The Morgan fingerprint density at radius 1 is 0.885 bits per heavy atom. The maximum atomic E-state index is 4.86. The van der Waals surface area contributed by atoms with Crippen LogP contribution in [0.15, 0.2) is 18.5 Å². The Morgan fingerprint density at radius 2 is 1.62 bits per heavy atom.